The van der Waals surface area contributed by atoms with Crippen LogP contribution in [0.1, 0.15) is 17.0 Å². The summed E-state index contributed by atoms with van der Waals surface area (Å²) in [5.74, 6) is 0.945. The Morgan fingerprint density at radius 2 is 1.78 bits per heavy atom. The van der Waals surface area contributed by atoms with Crippen molar-refractivity contribution in [2.75, 3.05) is 7.05 Å². The number of carbonyl (C=O) groups is 1. The van der Waals surface area contributed by atoms with Gasteiger partial charge in [-0.05, 0) is 31.5 Å². The summed E-state index contributed by atoms with van der Waals surface area (Å²) >= 11 is 0. The monoisotopic (exact) mass is 307 g/mol. The molecular weight excluding hydrogens is 286 g/mol. The van der Waals surface area contributed by atoms with Gasteiger partial charge in [0.2, 0.25) is 5.91 Å². The molecule has 3 rings (SSSR count). The largest absolute Gasteiger partial charge is 0.340 e. The molecule has 3 aromatic rings. The summed E-state index contributed by atoms with van der Waals surface area (Å²) in [5.41, 5.74) is 4.29. The number of para-hydroxylation sites is 2. The fourth-order valence-corrected chi connectivity index (χ4v) is 2.71. The number of benzene rings is 2. The lowest BCUT2D eigenvalue weighted by Gasteiger charge is -2.18. The number of aryl methyl sites for hydroxylation is 2. The van der Waals surface area contributed by atoms with Crippen molar-refractivity contribution >= 4 is 16.9 Å². The van der Waals surface area contributed by atoms with E-state index >= 15 is 0 Å². The van der Waals surface area contributed by atoms with Gasteiger partial charge in [0.15, 0.2) is 0 Å². The third-order valence-corrected chi connectivity index (χ3v) is 4.10. The number of amides is 1. The van der Waals surface area contributed by atoms with E-state index in [1.807, 2.05) is 42.8 Å². The number of hydrogen-bond acceptors (Lipinski definition) is 2. The summed E-state index contributed by atoms with van der Waals surface area (Å²) in [7, 11) is 1.84. The molecule has 1 heterocycles. The molecule has 0 unspecified atom stereocenters. The predicted molar refractivity (Wildman–Crippen MR) is 92.1 cm³/mol. The van der Waals surface area contributed by atoms with Crippen LogP contribution in [0.4, 0.5) is 0 Å². The van der Waals surface area contributed by atoms with E-state index in [2.05, 4.69) is 36.2 Å². The van der Waals surface area contributed by atoms with Gasteiger partial charge in [0.1, 0.15) is 12.4 Å². The summed E-state index contributed by atoms with van der Waals surface area (Å²) in [6, 6.07) is 16.2. The Hall–Kier alpha value is -2.62. The van der Waals surface area contributed by atoms with Crippen molar-refractivity contribution in [2.45, 2.75) is 26.9 Å². The summed E-state index contributed by atoms with van der Waals surface area (Å²) < 4.78 is 1.98. The Labute approximate surface area is 136 Å². The van der Waals surface area contributed by atoms with Gasteiger partial charge >= 0.3 is 0 Å². The zero-order valence-electron chi connectivity index (χ0n) is 13.8. The SMILES string of the molecule is Cc1ccc(CN(C)C(=O)Cn2c(C)nc3ccccc32)cc1. The first-order chi connectivity index (χ1) is 11.0. The topological polar surface area (TPSA) is 38.1 Å². The molecular formula is C19H21N3O. The van der Waals surface area contributed by atoms with Gasteiger partial charge in [0.05, 0.1) is 11.0 Å². The molecule has 4 nitrogen and oxygen atoms in total. The zero-order chi connectivity index (χ0) is 16.4. The number of likely N-dealkylation sites (N-methyl/N-ethyl adjacent to an activating group) is 1. The molecule has 0 N–H and O–H groups in total. The highest BCUT2D eigenvalue weighted by Crippen LogP contribution is 2.16. The third-order valence-electron chi connectivity index (χ3n) is 4.10. The summed E-state index contributed by atoms with van der Waals surface area (Å²) in [6.45, 7) is 4.93. The van der Waals surface area contributed by atoms with E-state index in [1.54, 1.807) is 4.90 Å². The molecule has 1 aromatic heterocycles. The first kappa shape index (κ1) is 15.3. The van der Waals surface area contributed by atoms with Crippen molar-refractivity contribution < 1.29 is 4.79 Å². The smallest absolute Gasteiger partial charge is 0.242 e. The summed E-state index contributed by atoms with van der Waals surface area (Å²) in [5, 5.41) is 0. The normalized spacial score (nSPS) is 10.9. The van der Waals surface area contributed by atoms with Crippen LogP contribution in [0.3, 0.4) is 0 Å². The van der Waals surface area contributed by atoms with Crippen molar-refractivity contribution in [2.24, 2.45) is 0 Å². The molecule has 0 aliphatic heterocycles. The highest BCUT2D eigenvalue weighted by molar-refractivity contribution is 5.81. The van der Waals surface area contributed by atoms with Crippen molar-refractivity contribution in [1.29, 1.82) is 0 Å². The molecule has 23 heavy (non-hydrogen) atoms. The van der Waals surface area contributed by atoms with Gasteiger partial charge in [-0.3, -0.25) is 4.79 Å². The van der Waals surface area contributed by atoms with Crippen LogP contribution in [-0.2, 0) is 17.9 Å². The molecule has 1 amide bonds. The Bertz CT molecular complexity index is 833. The standard InChI is InChI=1S/C19H21N3O/c1-14-8-10-16(11-9-14)12-21(3)19(23)13-22-15(2)20-17-6-4-5-7-18(17)22/h4-11H,12-13H2,1-3H3. The van der Waals surface area contributed by atoms with Gasteiger partial charge in [-0.1, -0.05) is 42.0 Å². The molecule has 0 saturated heterocycles. The number of hydrogen-bond donors (Lipinski definition) is 0. The molecule has 0 saturated carbocycles. The van der Waals surface area contributed by atoms with E-state index < -0.39 is 0 Å². The molecule has 0 aliphatic rings. The quantitative estimate of drug-likeness (QED) is 0.741. The predicted octanol–water partition coefficient (Wildman–Crippen LogP) is 3.31. The second-order valence-corrected chi connectivity index (χ2v) is 5.97. The van der Waals surface area contributed by atoms with E-state index in [-0.39, 0.29) is 5.91 Å². The van der Waals surface area contributed by atoms with Gasteiger partial charge in [0, 0.05) is 13.6 Å². The highest BCUT2D eigenvalue weighted by atomic mass is 16.2. The fraction of sp³-hybridized carbons (Fsp3) is 0.263. The van der Waals surface area contributed by atoms with Crippen molar-refractivity contribution in [1.82, 2.24) is 14.5 Å². The van der Waals surface area contributed by atoms with Gasteiger partial charge < -0.3 is 9.47 Å². The van der Waals surface area contributed by atoms with Crippen LogP contribution >= 0.6 is 0 Å². The number of aromatic nitrogens is 2. The van der Waals surface area contributed by atoms with Gasteiger partial charge in [-0.15, -0.1) is 0 Å². The van der Waals surface area contributed by atoms with Gasteiger partial charge in [-0.2, -0.15) is 0 Å². The van der Waals surface area contributed by atoms with Crippen LogP contribution < -0.4 is 0 Å². The number of carbonyl (C=O) groups excluding carboxylic acids is 1. The molecule has 0 aliphatic carbocycles. The van der Waals surface area contributed by atoms with E-state index in [4.69, 9.17) is 0 Å². The van der Waals surface area contributed by atoms with E-state index in [1.165, 1.54) is 5.56 Å². The Morgan fingerprint density at radius 1 is 1.09 bits per heavy atom. The maximum Gasteiger partial charge on any atom is 0.242 e. The first-order valence-electron chi connectivity index (χ1n) is 7.76. The van der Waals surface area contributed by atoms with Crippen LogP contribution in [0, 0.1) is 13.8 Å². The number of imidazole rings is 1. The van der Waals surface area contributed by atoms with Crippen LogP contribution in [-0.4, -0.2) is 27.4 Å². The van der Waals surface area contributed by atoms with E-state index in [0.717, 1.165) is 22.4 Å². The minimum atomic E-state index is 0.0804. The number of rotatable bonds is 4. The molecule has 0 fully saturated rings. The second-order valence-electron chi connectivity index (χ2n) is 5.97. The molecule has 2 aromatic carbocycles. The zero-order valence-corrected chi connectivity index (χ0v) is 13.8. The maximum atomic E-state index is 12.6. The lowest BCUT2D eigenvalue weighted by atomic mass is 10.1. The number of nitrogens with zero attached hydrogens (tertiary/aromatic N) is 3. The average Bonchev–Trinajstić information content (AvgIpc) is 2.85. The van der Waals surface area contributed by atoms with Gasteiger partial charge in [0.25, 0.3) is 0 Å². The van der Waals surface area contributed by atoms with Crippen molar-refractivity contribution in [3.8, 4) is 0 Å². The third kappa shape index (κ3) is 3.26. The molecule has 0 radical (unpaired) electrons. The molecule has 0 spiro atoms. The first-order valence-corrected chi connectivity index (χ1v) is 7.76. The fourth-order valence-electron chi connectivity index (χ4n) is 2.71. The average molecular weight is 307 g/mol. The molecule has 0 bridgehead atoms. The van der Waals surface area contributed by atoms with Crippen LogP contribution in [0.15, 0.2) is 48.5 Å². The van der Waals surface area contributed by atoms with E-state index in [9.17, 15) is 4.79 Å². The Morgan fingerprint density at radius 3 is 2.52 bits per heavy atom. The minimum absolute atomic E-state index is 0.0804. The Balaban J connectivity index is 1.75. The minimum Gasteiger partial charge on any atom is -0.340 e. The molecule has 0 atom stereocenters. The highest BCUT2D eigenvalue weighted by Gasteiger charge is 2.14. The van der Waals surface area contributed by atoms with Crippen molar-refractivity contribution in [3.63, 3.8) is 0 Å². The lowest BCUT2D eigenvalue weighted by Crippen LogP contribution is -2.30. The maximum absolute atomic E-state index is 12.6. The van der Waals surface area contributed by atoms with Crippen LogP contribution in [0.5, 0.6) is 0 Å². The second kappa shape index (κ2) is 6.24. The number of fused-ring (bicyclic) bond motifs is 1. The van der Waals surface area contributed by atoms with Crippen LogP contribution in [0.25, 0.3) is 11.0 Å². The van der Waals surface area contributed by atoms with Crippen molar-refractivity contribution in [3.05, 3.63) is 65.5 Å². The van der Waals surface area contributed by atoms with Gasteiger partial charge in [-0.25, -0.2) is 4.98 Å². The van der Waals surface area contributed by atoms with Crippen LogP contribution in [0.2, 0.25) is 0 Å². The molecule has 4 heteroatoms. The lowest BCUT2D eigenvalue weighted by molar-refractivity contribution is -0.131. The Kier molecular flexibility index (Phi) is 4.15. The molecule has 118 valence electrons. The van der Waals surface area contributed by atoms with E-state index in [0.29, 0.717) is 13.1 Å². The summed E-state index contributed by atoms with van der Waals surface area (Å²) in [4.78, 5) is 18.8. The summed E-state index contributed by atoms with van der Waals surface area (Å²) in [6.07, 6.45) is 0.